The summed E-state index contributed by atoms with van der Waals surface area (Å²) >= 11 is 1.52. The van der Waals surface area contributed by atoms with Gasteiger partial charge in [-0.2, -0.15) is 9.61 Å². The number of hydrogen-bond donors (Lipinski definition) is 0. The summed E-state index contributed by atoms with van der Waals surface area (Å²) in [5.74, 6) is 1.62. The highest BCUT2D eigenvalue weighted by molar-refractivity contribution is 7.16. The second kappa shape index (κ2) is 6.64. The quantitative estimate of drug-likeness (QED) is 0.524. The molecule has 0 fully saturated rings. The standard InChI is InChI=1S/C19H18N4OS/c1-3-16(24-14-10-5-4-6-11-14)18-22-23-17(20-21-19(23)25-18)15-12-8-7-9-13(15)2/h4-12,16H,3H2,1-2H3/t16-/m1/s1. The van der Waals surface area contributed by atoms with Crippen molar-refractivity contribution in [3.8, 4) is 17.1 Å². The topological polar surface area (TPSA) is 52.3 Å². The number of hydrogen-bond acceptors (Lipinski definition) is 5. The predicted octanol–water partition coefficient (Wildman–Crippen LogP) is 4.69. The first-order valence-corrected chi connectivity index (χ1v) is 9.07. The van der Waals surface area contributed by atoms with E-state index in [1.165, 1.54) is 11.3 Å². The van der Waals surface area contributed by atoms with Crippen LogP contribution in [0, 0.1) is 6.92 Å². The molecule has 4 rings (SSSR count). The Morgan fingerprint density at radius 1 is 1.04 bits per heavy atom. The summed E-state index contributed by atoms with van der Waals surface area (Å²) in [5, 5.41) is 14.3. The molecule has 4 aromatic rings. The highest BCUT2D eigenvalue weighted by atomic mass is 32.1. The van der Waals surface area contributed by atoms with E-state index in [0.717, 1.165) is 39.1 Å². The van der Waals surface area contributed by atoms with Crippen LogP contribution in [0.15, 0.2) is 54.6 Å². The van der Waals surface area contributed by atoms with Crippen molar-refractivity contribution in [2.75, 3.05) is 0 Å². The van der Waals surface area contributed by atoms with E-state index in [-0.39, 0.29) is 6.10 Å². The molecule has 0 aliphatic rings. The summed E-state index contributed by atoms with van der Waals surface area (Å²) in [6, 6.07) is 18.0. The van der Waals surface area contributed by atoms with Crippen LogP contribution in [0.5, 0.6) is 5.75 Å². The van der Waals surface area contributed by atoms with E-state index in [1.807, 2.05) is 53.0 Å². The van der Waals surface area contributed by atoms with Crippen molar-refractivity contribution >= 4 is 16.3 Å². The van der Waals surface area contributed by atoms with Crippen LogP contribution in [0.4, 0.5) is 0 Å². The van der Waals surface area contributed by atoms with Gasteiger partial charge in [0.2, 0.25) is 4.96 Å². The third-order valence-electron chi connectivity index (χ3n) is 4.06. The molecule has 0 aliphatic heterocycles. The number of nitrogens with zero attached hydrogens (tertiary/aromatic N) is 4. The maximum atomic E-state index is 6.10. The molecule has 0 radical (unpaired) electrons. The Kier molecular flexibility index (Phi) is 4.19. The van der Waals surface area contributed by atoms with Gasteiger partial charge in [-0.25, -0.2) is 0 Å². The normalized spacial score (nSPS) is 12.4. The largest absolute Gasteiger partial charge is 0.483 e. The average Bonchev–Trinajstić information content (AvgIpc) is 3.22. The Morgan fingerprint density at radius 3 is 2.56 bits per heavy atom. The fourth-order valence-corrected chi connectivity index (χ4v) is 3.68. The van der Waals surface area contributed by atoms with Gasteiger partial charge in [-0.15, -0.1) is 10.2 Å². The summed E-state index contributed by atoms with van der Waals surface area (Å²) in [6.07, 6.45) is 0.734. The number of para-hydroxylation sites is 1. The molecule has 0 amide bonds. The van der Waals surface area contributed by atoms with Crippen LogP contribution in [-0.2, 0) is 0 Å². The summed E-state index contributed by atoms with van der Waals surface area (Å²) in [6.45, 7) is 4.16. The predicted molar refractivity (Wildman–Crippen MR) is 98.9 cm³/mol. The summed E-state index contributed by atoms with van der Waals surface area (Å²) < 4.78 is 7.92. The molecule has 6 heteroatoms. The second-order valence-electron chi connectivity index (χ2n) is 5.80. The molecule has 0 bridgehead atoms. The number of aryl methyl sites for hydroxylation is 1. The first-order chi connectivity index (χ1) is 12.3. The van der Waals surface area contributed by atoms with E-state index in [0.29, 0.717) is 0 Å². The Hall–Kier alpha value is -2.73. The van der Waals surface area contributed by atoms with Crippen molar-refractivity contribution in [2.45, 2.75) is 26.4 Å². The number of fused-ring (bicyclic) bond motifs is 1. The molecule has 0 aliphatic carbocycles. The van der Waals surface area contributed by atoms with E-state index in [2.05, 4.69) is 30.1 Å². The van der Waals surface area contributed by atoms with Gasteiger partial charge >= 0.3 is 0 Å². The number of aromatic nitrogens is 4. The maximum Gasteiger partial charge on any atom is 0.235 e. The first-order valence-electron chi connectivity index (χ1n) is 8.26. The molecular formula is C19H18N4OS. The molecule has 1 atom stereocenters. The van der Waals surface area contributed by atoms with Gasteiger partial charge in [-0.05, 0) is 31.0 Å². The highest BCUT2D eigenvalue weighted by Crippen LogP contribution is 2.30. The number of rotatable bonds is 5. The molecule has 2 heterocycles. The SMILES string of the molecule is CC[C@@H](Oc1ccccc1)c1nn2c(-c3ccccc3C)nnc2s1. The van der Waals surface area contributed by atoms with Crippen LogP contribution < -0.4 is 4.74 Å². The third-order valence-corrected chi connectivity index (χ3v) is 5.05. The molecule has 2 aromatic heterocycles. The lowest BCUT2D eigenvalue weighted by Gasteiger charge is -2.14. The van der Waals surface area contributed by atoms with Crippen molar-refractivity contribution in [3.05, 3.63) is 65.2 Å². The van der Waals surface area contributed by atoms with E-state index in [4.69, 9.17) is 9.84 Å². The molecule has 0 N–H and O–H groups in total. The van der Waals surface area contributed by atoms with Crippen molar-refractivity contribution in [1.29, 1.82) is 0 Å². The molecule has 0 saturated heterocycles. The lowest BCUT2D eigenvalue weighted by Crippen LogP contribution is -2.07. The monoisotopic (exact) mass is 350 g/mol. The zero-order chi connectivity index (χ0) is 17.2. The minimum atomic E-state index is -0.0983. The average molecular weight is 350 g/mol. The van der Waals surface area contributed by atoms with Crippen LogP contribution in [-0.4, -0.2) is 19.8 Å². The lowest BCUT2D eigenvalue weighted by atomic mass is 10.1. The fraction of sp³-hybridized carbons (Fsp3) is 0.211. The summed E-state index contributed by atoms with van der Waals surface area (Å²) in [5.41, 5.74) is 2.20. The van der Waals surface area contributed by atoms with Crippen LogP contribution in [0.1, 0.15) is 30.0 Å². The molecule has 0 saturated carbocycles. The van der Waals surface area contributed by atoms with E-state index < -0.39 is 0 Å². The number of benzene rings is 2. The smallest absolute Gasteiger partial charge is 0.235 e. The van der Waals surface area contributed by atoms with Gasteiger partial charge in [0.25, 0.3) is 0 Å². The first kappa shape index (κ1) is 15.8. The van der Waals surface area contributed by atoms with Crippen LogP contribution in [0.3, 0.4) is 0 Å². The van der Waals surface area contributed by atoms with Gasteiger partial charge in [0.1, 0.15) is 5.75 Å². The van der Waals surface area contributed by atoms with Gasteiger partial charge in [0, 0.05) is 5.56 Å². The van der Waals surface area contributed by atoms with E-state index in [9.17, 15) is 0 Å². The molecular weight excluding hydrogens is 332 g/mol. The van der Waals surface area contributed by atoms with E-state index >= 15 is 0 Å². The van der Waals surface area contributed by atoms with Gasteiger partial charge in [0.05, 0.1) is 0 Å². The minimum Gasteiger partial charge on any atom is -0.483 e. The van der Waals surface area contributed by atoms with Gasteiger partial charge < -0.3 is 4.74 Å². The Labute approximate surface area is 149 Å². The van der Waals surface area contributed by atoms with Crippen LogP contribution >= 0.6 is 11.3 Å². The zero-order valence-corrected chi connectivity index (χ0v) is 14.9. The Balaban J connectivity index is 1.71. The van der Waals surface area contributed by atoms with Crippen LogP contribution in [0.2, 0.25) is 0 Å². The van der Waals surface area contributed by atoms with Crippen molar-refractivity contribution < 1.29 is 4.74 Å². The highest BCUT2D eigenvalue weighted by Gasteiger charge is 2.20. The minimum absolute atomic E-state index is 0.0983. The Morgan fingerprint density at radius 2 is 1.80 bits per heavy atom. The maximum absolute atomic E-state index is 6.10. The Bertz CT molecular complexity index is 993. The third kappa shape index (κ3) is 3.00. The summed E-state index contributed by atoms with van der Waals surface area (Å²) in [4.78, 5) is 0.781. The molecule has 2 aromatic carbocycles. The molecule has 126 valence electrons. The van der Waals surface area contributed by atoms with Crippen molar-refractivity contribution in [3.63, 3.8) is 0 Å². The molecule has 25 heavy (non-hydrogen) atoms. The number of ether oxygens (including phenoxy) is 1. The molecule has 5 nitrogen and oxygen atoms in total. The zero-order valence-electron chi connectivity index (χ0n) is 14.1. The molecule has 0 spiro atoms. The molecule has 0 unspecified atom stereocenters. The van der Waals surface area contributed by atoms with Gasteiger partial charge in [0.15, 0.2) is 16.9 Å². The van der Waals surface area contributed by atoms with Crippen molar-refractivity contribution in [2.24, 2.45) is 0 Å². The summed E-state index contributed by atoms with van der Waals surface area (Å²) in [7, 11) is 0. The van der Waals surface area contributed by atoms with E-state index in [1.54, 1.807) is 0 Å². The second-order valence-corrected chi connectivity index (χ2v) is 6.79. The van der Waals surface area contributed by atoms with Crippen LogP contribution in [0.25, 0.3) is 16.3 Å². The van der Waals surface area contributed by atoms with Gasteiger partial charge in [-0.1, -0.05) is 60.7 Å². The van der Waals surface area contributed by atoms with Gasteiger partial charge in [-0.3, -0.25) is 0 Å². The lowest BCUT2D eigenvalue weighted by molar-refractivity contribution is 0.199. The van der Waals surface area contributed by atoms with Crippen molar-refractivity contribution in [1.82, 2.24) is 19.8 Å². The fourth-order valence-electron chi connectivity index (χ4n) is 2.73.